The van der Waals surface area contributed by atoms with Gasteiger partial charge in [0, 0.05) is 18.9 Å². The topological polar surface area (TPSA) is 57.4 Å². The summed E-state index contributed by atoms with van der Waals surface area (Å²) < 4.78 is 10.5. The SMILES string of the molecule is COCC(C)OCc1cccnc1N. The molecule has 4 nitrogen and oxygen atoms in total. The van der Waals surface area contributed by atoms with Crippen molar-refractivity contribution in [1.82, 2.24) is 4.98 Å². The third-order valence-corrected chi connectivity index (χ3v) is 1.85. The number of methoxy groups -OCH3 is 1. The number of rotatable bonds is 5. The number of hydrogen-bond donors (Lipinski definition) is 1. The first-order valence-electron chi connectivity index (χ1n) is 4.54. The molecule has 1 aromatic heterocycles. The monoisotopic (exact) mass is 196 g/mol. The molecule has 1 atom stereocenters. The Bertz CT molecular complexity index is 279. The number of hydrogen-bond acceptors (Lipinski definition) is 4. The van der Waals surface area contributed by atoms with Gasteiger partial charge in [0.1, 0.15) is 5.82 Å². The standard InChI is InChI=1S/C10H16N2O2/c1-8(6-13-2)14-7-9-4-3-5-12-10(9)11/h3-5,8H,6-7H2,1-2H3,(H2,11,12). The summed E-state index contributed by atoms with van der Waals surface area (Å²) in [5, 5.41) is 0. The van der Waals surface area contributed by atoms with E-state index in [1.54, 1.807) is 13.3 Å². The molecule has 0 aliphatic heterocycles. The van der Waals surface area contributed by atoms with Crippen LogP contribution >= 0.6 is 0 Å². The zero-order valence-corrected chi connectivity index (χ0v) is 8.56. The molecule has 2 N–H and O–H groups in total. The molecule has 0 spiro atoms. The van der Waals surface area contributed by atoms with Gasteiger partial charge in [-0.15, -0.1) is 0 Å². The molecular weight excluding hydrogens is 180 g/mol. The first kappa shape index (κ1) is 10.9. The molecule has 78 valence electrons. The zero-order chi connectivity index (χ0) is 10.4. The van der Waals surface area contributed by atoms with Gasteiger partial charge in [-0.2, -0.15) is 0 Å². The maximum Gasteiger partial charge on any atom is 0.128 e. The van der Waals surface area contributed by atoms with Gasteiger partial charge < -0.3 is 15.2 Å². The molecule has 0 saturated heterocycles. The number of anilines is 1. The molecule has 0 bridgehead atoms. The average Bonchev–Trinajstić information content (AvgIpc) is 2.17. The van der Waals surface area contributed by atoms with Crippen LogP contribution in [0.15, 0.2) is 18.3 Å². The van der Waals surface area contributed by atoms with Gasteiger partial charge in [0.05, 0.1) is 19.3 Å². The molecule has 1 heterocycles. The van der Waals surface area contributed by atoms with Crippen LogP contribution in [0.4, 0.5) is 5.82 Å². The number of nitrogens with zero attached hydrogens (tertiary/aromatic N) is 1. The van der Waals surface area contributed by atoms with E-state index in [1.165, 1.54) is 0 Å². The van der Waals surface area contributed by atoms with Crippen LogP contribution in [0.5, 0.6) is 0 Å². The predicted octanol–water partition coefficient (Wildman–Crippen LogP) is 1.22. The van der Waals surface area contributed by atoms with Gasteiger partial charge in [0.2, 0.25) is 0 Å². The van der Waals surface area contributed by atoms with Crippen molar-refractivity contribution in [2.75, 3.05) is 19.5 Å². The number of aromatic nitrogens is 1. The lowest BCUT2D eigenvalue weighted by molar-refractivity contribution is 0.0000165. The van der Waals surface area contributed by atoms with Gasteiger partial charge in [-0.3, -0.25) is 0 Å². The highest BCUT2D eigenvalue weighted by Gasteiger charge is 2.03. The Morgan fingerprint density at radius 1 is 1.57 bits per heavy atom. The van der Waals surface area contributed by atoms with Crippen LogP contribution < -0.4 is 5.73 Å². The third kappa shape index (κ3) is 3.32. The smallest absolute Gasteiger partial charge is 0.128 e. The Labute approximate surface area is 84.0 Å². The van der Waals surface area contributed by atoms with E-state index < -0.39 is 0 Å². The van der Waals surface area contributed by atoms with Crippen molar-refractivity contribution < 1.29 is 9.47 Å². The maximum absolute atomic E-state index is 5.66. The van der Waals surface area contributed by atoms with Gasteiger partial charge in [0.15, 0.2) is 0 Å². The average molecular weight is 196 g/mol. The molecular formula is C10H16N2O2. The molecule has 14 heavy (non-hydrogen) atoms. The van der Waals surface area contributed by atoms with Crippen molar-refractivity contribution >= 4 is 5.82 Å². The highest BCUT2D eigenvalue weighted by atomic mass is 16.5. The highest BCUT2D eigenvalue weighted by molar-refractivity contribution is 5.37. The summed E-state index contributed by atoms with van der Waals surface area (Å²) in [6, 6.07) is 3.75. The fourth-order valence-electron chi connectivity index (χ4n) is 1.09. The molecule has 0 saturated carbocycles. The van der Waals surface area contributed by atoms with Gasteiger partial charge in [-0.05, 0) is 13.0 Å². The maximum atomic E-state index is 5.66. The first-order chi connectivity index (χ1) is 6.74. The number of ether oxygens (including phenoxy) is 2. The van der Waals surface area contributed by atoms with Crippen LogP contribution in [0.2, 0.25) is 0 Å². The molecule has 1 aromatic rings. The lowest BCUT2D eigenvalue weighted by atomic mass is 10.3. The van der Waals surface area contributed by atoms with Crippen LogP contribution in [0, 0.1) is 0 Å². The van der Waals surface area contributed by atoms with Crippen molar-refractivity contribution in [1.29, 1.82) is 0 Å². The summed E-state index contributed by atoms with van der Waals surface area (Å²) >= 11 is 0. The summed E-state index contributed by atoms with van der Waals surface area (Å²) in [6.45, 7) is 3.01. The summed E-state index contributed by atoms with van der Waals surface area (Å²) in [6.07, 6.45) is 1.73. The Morgan fingerprint density at radius 3 is 3.00 bits per heavy atom. The lowest BCUT2D eigenvalue weighted by Crippen LogP contribution is -2.15. The summed E-state index contributed by atoms with van der Waals surface area (Å²) in [4.78, 5) is 3.97. The van der Waals surface area contributed by atoms with E-state index in [9.17, 15) is 0 Å². The summed E-state index contributed by atoms with van der Waals surface area (Å²) in [5.41, 5.74) is 6.57. The highest BCUT2D eigenvalue weighted by Crippen LogP contribution is 2.09. The van der Waals surface area contributed by atoms with Gasteiger partial charge in [-0.25, -0.2) is 4.98 Å². The fourth-order valence-corrected chi connectivity index (χ4v) is 1.09. The van der Waals surface area contributed by atoms with Crippen molar-refractivity contribution in [2.24, 2.45) is 0 Å². The van der Waals surface area contributed by atoms with E-state index in [1.807, 2.05) is 19.1 Å². The minimum absolute atomic E-state index is 0.0691. The predicted molar refractivity (Wildman–Crippen MR) is 54.8 cm³/mol. The van der Waals surface area contributed by atoms with E-state index in [2.05, 4.69) is 4.98 Å². The van der Waals surface area contributed by atoms with Crippen molar-refractivity contribution in [2.45, 2.75) is 19.6 Å². The second kappa shape index (κ2) is 5.57. The molecule has 0 aliphatic rings. The quantitative estimate of drug-likeness (QED) is 0.769. The van der Waals surface area contributed by atoms with E-state index >= 15 is 0 Å². The Balaban J connectivity index is 2.41. The van der Waals surface area contributed by atoms with Gasteiger partial charge >= 0.3 is 0 Å². The van der Waals surface area contributed by atoms with Crippen molar-refractivity contribution in [3.8, 4) is 0 Å². The van der Waals surface area contributed by atoms with Crippen LogP contribution in [0.1, 0.15) is 12.5 Å². The largest absolute Gasteiger partial charge is 0.383 e. The molecule has 0 radical (unpaired) electrons. The van der Waals surface area contributed by atoms with E-state index in [4.69, 9.17) is 15.2 Å². The second-order valence-electron chi connectivity index (χ2n) is 3.12. The molecule has 4 heteroatoms. The van der Waals surface area contributed by atoms with E-state index in [0.717, 1.165) is 5.56 Å². The Hall–Kier alpha value is -1.13. The Kier molecular flexibility index (Phi) is 4.35. The molecule has 0 aromatic carbocycles. The van der Waals surface area contributed by atoms with Crippen molar-refractivity contribution in [3.05, 3.63) is 23.9 Å². The third-order valence-electron chi connectivity index (χ3n) is 1.85. The number of nitrogens with two attached hydrogens (primary N) is 1. The molecule has 1 unspecified atom stereocenters. The van der Waals surface area contributed by atoms with Crippen LogP contribution in [-0.4, -0.2) is 24.8 Å². The van der Waals surface area contributed by atoms with Crippen LogP contribution in [-0.2, 0) is 16.1 Å². The van der Waals surface area contributed by atoms with E-state index in [0.29, 0.717) is 19.0 Å². The Morgan fingerprint density at radius 2 is 2.36 bits per heavy atom. The summed E-state index contributed by atoms with van der Waals surface area (Å²) in [7, 11) is 1.65. The molecule has 0 aliphatic carbocycles. The van der Waals surface area contributed by atoms with Gasteiger partial charge in [0.25, 0.3) is 0 Å². The molecule has 0 amide bonds. The van der Waals surface area contributed by atoms with E-state index in [-0.39, 0.29) is 6.10 Å². The molecule has 1 rings (SSSR count). The molecule has 0 fully saturated rings. The van der Waals surface area contributed by atoms with Crippen LogP contribution in [0.3, 0.4) is 0 Å². The minimum Gasteiger partial charge on any atom is -0.383 e. The fraction of sp³-hybridized carbons (Fsp3) is 0.500. The van der Waals surface area contributed by atoms with Crippen molar-refractivity contribution in [3.63, 3.8) is 0 Å². The van der Waals surface area contributed by atoms with Crippen LogP contribution in [0.25, 0.3) is 0 Å². The number of pyridine rings is 1. The lowest BCUT2D eigenvalue weighted by Gasteiger charge is -2.12. The first-order valence-corrected chi connectivity index (χ1v) is 4.54. The second-order valence-corrected chi connectivity index (χ2v) is 3.12. The normalized spacial score (nSPS) is 12.7. The minimum atomic E-state index is 0.0691. The van der Waals surface area contributed by atoms with Gasteiger partial charge in [-0.1, -0.05) is 6.07 Å². The number of nitrogen functional groups attached to an aromatic ring is 1. The zero-order valence-electron chi connectivity index (χ0n) is 8.56. The summed E-state index contributed by atoms with van der Waals surface area (Å²) in [5.74, 6) is 0.525.